The van der Waals surface area contributed by atoms with Crippen molar-refractivity contribution in [3.05, 3.63) is 48.5 Å². The highest BCUT2D eigenvalue weighted by Gasteiger charge is 2.06. The van der Waals surface area contributed by atoms with Gasteiger partial charge in [0.15, 0.2) is 11.9 Å². The normalized spacial score (nSPS) is 16.0. The molecule has 2 aromatic carbocycles. The third-order valence-electron chi connectivity index (χ3n) is 3.98. The SMILES string of the molecule is c1cc(-c2ccc(NC3=NCCN3)cc2)ccc1NC1=NCCN1. The molecule has 24 heavy (non-hydrogen) atoms. The molecule has 2 heterocycles. The van der Waals surface area contributed by atoms with Gasteiger partial charge in [0.1, 0.15) is 0 Å². The molecular formula is C18H20N6. The largest absolute Gasteiger partial charge is 0.354 e. The molecule has 0 fully saturated rings. The molecule has 122 valence electrons. The molecule has 4 rings (SSSR count). The summed E-state index contributed by atoms with van der Waals surface area (Å²) in [6.07, 6.45) is 0. The van der Waals surface area contributed by atoms with Crippen LogP contribution in [0.4, 0.5) is 11.4 Å². The Morgan fingerprint density at radius 1 is 0.625 bits per heavy atom. The van der Waals surface area contributed by atoms with Gasteiger partial charge in [-0.05, 0) is 35.4 Å². The number of rotatable bonds is 3. The summed E-state index contributed by atoms with van der Waals surface area (Å²) in [7, 11) is 0. The van der Waals surface area contributed by atoms with E-state index < -0.39 is 0 Å². The Bertz CT molecular complexity index is 694. The summed E-state index contributed by atoms with van der Waals surface area (Å²) in [5.74, 6) is 1.70. The number of hydrogen-bond donors (Lipinski definition) is 4. The van der Waals surface area contributed by atoms with E-state index in [0.29, 0.717) is 0 Å². The van der Waals surface area contributed by atoms with Crippen molar-refractivity contribution in [1.29, 1.82) is 0 Å². The molecule has 4 N–H and O–H groups in total. The van der Waals surface area contributed by atoms with Crippen molar-refractivity contribution in [3.8, 4) is 11.1 Å². The molecule has 2 aromatic rings. The topological polar surface area (TPSA) is 72.8 Å². The van der Waals surface area contributed by atoms with E-state index in [1.165, 1.54) is 11.1 Å². The van der Waals surface area contributed by atoms with Gasteiger partial charge >= 0.3 is 0 Å². The Morgan fingerprint density at radius 2 is 1.04 bits per heavy atom. The van der Waals surface area contributed by atoms with Crippen LogP contribution in [0.5, 0.6) is 0 Å². The summed E-state index contributed by atoms with van der Waals surface area (Å²) in [5.41, 5.74) is 4.44. The summed E-state index contributed by atoms with van der Waals surface area (Å²) in [5, 5.41) is 13.0. The highest BCUT2D eigenvalue weighted by Crippen LogP contribution is 2.23. The number of benzene rings is 2. The third kappa shape index (κ3) is 3.32. The Hall–Kier alpha value is -3.02. The van der Waals surface area contributed by atoms with E-state index in [1.54, 1.807) is 0 Å². The van der Waals surface area contributed by atoms with Crippen LogP contribution in [0.1, 0.15) is 0 Å². The highest BCUT2D eigenvalue weighted by molar-refractivity contribution is 5.95. The lowest BCUT2D eigenvalue weighted by Gasteiger charge is -2.09. The number of hydrogen-bond acceptors (Lipinski definition) is 6. The van der Waals surface area contributed by atoms with Crippen LogP contribution in [-0.4, -0.2) is 38.1 Å². The minimum absolute atomic E-state index is 0.836. The molecule has 6 nitrogen and oxygen atoms in total. The first kappa shape index (κ1) is 14.6. The first-order valence-corrected chi connectivity index (χ1v) is 8.18. The van der Waals surface area contributed by atoms with E-state index in [-0.39, 0.29) is 0 Å². The van der Waals surface area contributed by atoms with Gasteiger partial charge in [-0.3, -0.25) is 9.98 Å². The Kier molecular flexibility index (Phi) is 4.02. The molecule has 2 aliphatic rings. The monoisotopic (exact) mass is 320 g/mol. The van der Waals surface area contributed by atoms with Crippen LogP contribution in [0.15, 0.2) is 58.5 Å². The van der Waals surface area contributed by atoms with E-state index >= 15 is 0 Å². The van der Waals surface area contributed by atoms with Crippen LogP contribution in [0.2, 0.25) is 0 Å². The number of aliphatic imine (C=N–C) groups is 2. The first-order chi connectivity index (χ1) is 11.9. The minimum Gasteiger partial charge on any atom is -0.354 e. The fourth-order valence-corrected chi connectivity index (χ4v) is 2.73. The molecule has 0 saturated carbocycles. The van der Waals surface area contributed by atoms with Gasteiger partial charge in [0, 0.05) is 24.5 Å². The van der Waals surface area contributed by atoms with E-state index in [9.17, 15) is 0 Å². The Labute approximate surface area is 141 Å². The molecule has 2 aliphatic heterocycles. The van der Waals surface area contributed by atoms with Crippen LogP contribution < -0.4 is 21.3 Å². The zero-order valence-electron chi connectivity index (χ0n) is 13.3. The van der Waals surface area contributed by atoms with Gasteiger partial charge in [-0.15, -0.1) is 0 Å². The van der Waals surface area contributed by atoms with Crippen molar-refractivity contribution < 1.29 is 0 Å². The molecule has 0 aliphatic carbocycles. The lowest BCUT2D eigenvalue weighted by Crippen LogP contribution is -2.26. The van der Waals surface area contributed by atoms with Crippen LogP contribution in [0, 0.1) is 0 Å². The summed E-state index contributed by atoms with van der Waals surface area (Å²) in [6.45, 7) is 3.48. The van der Waals surface area contributed by atoms with E-state index in [4.69, 9.17) is 0 Å². The highest BCUT2D eigenvalue weighted by atomic mass is 15.2. The summed E-state index contributed by atoms with van der Waals surface area (Å²) >= 11 is 0. The van der Waals surface area contributed by atoms with Gasteiger partial charge in [-0.25, -0.2) is 0 Å². The zero-order chi connectivity index (χ0) is 16.2. The average Bonchev–Trinajstić information content (AvgIpc) is 3.31. The number of nitrogens with zero attached hydrogens (tertiary/aromatic N) is 2. The predicted octanol–water partition coefficient (Wildman–Crippen LogP) is 2.10. The Balaban J connectivity index is 1.43. The molecule has 0 amide bonds. The van der Waals surface area contributed by atoms with Crippen molar-refractivity contribution >= 4 is 23.3 Å². The molecule has 0 aromatic heterocycles. The van der Waals surface area contributed by atoms with Crippen LogP contribution >= 0.6 is 0 Å². The van der Waals surface area contributed by atoms with Crippen LogP contribution in [-0.2, 0) is 0 Å². The maximum Gasteiger partial charge on any atom is 0.195 e. The zero-order valence-corrected chi connectivity index (χ0v) is 13.3. The molecule has 0 radical (unpaired) electrons. The van der Waals surface area contributed by atoms with Crippen LogP contribution in [0.3, 0.4) is 0 Å². The van der Waals surface area contributed by atoms with Gasteiger partial charge in [0.25, 0.3) is 0 Å². The standard InChI is InChI=1S/C18H20N6/c1-5-15(23-17-19-9-10-20-17)6-2-13(1)14-3-7-16(8-4-14)24-18-21-11-12-22-18/h1-8H,9-12H2,(H2,19,20,23)(H2,21,22,24). The fraction of sp³-hybridized carbons (Fsp3) is 0.222. The van der Waals surface area contributed by atoms with E-state index in [0.717, 1.165) is 49.5 Å². The maximum atomic E-state index is 4.34. The van der Waals surface area contributed by atoms with Crippen molar-refractivity contribution in [3.63, 3.8) is 0 Å². The van der Waals surface area contributed by atoms with Crippen molar-refractivity contribution in [2.45, 2.75) is 0 Å². The number of guanidine groups is 2. The maximum absolute atomic E-state index is 4.34. The predicted molar refractivity (Wildman–Crippen MR) is 99.7 cm³/mol. The average molecular weight is 320 g/mol. The third-order valence-corrected chi connectivity index (χ3v) is 3.98. The quantitative estimate of drug-likeness (QED) is 0.699. The Morgan fingerprint density at radius 3 is 1.38 bits per heavy atom. The second-order valence-corrected chi connectivity index (χ2v) is 5.72. The van der Waals surface area contributed by atoms with Crippen molar-refractivity contribution in [2.24, 2.45) is 9.98 Å². The van der Waals surface area contributed by atoms with Crippen molar-refractivity contribution in [1.82, 2.24) is 10.6 Å². The molecule has 6 heteroatoms. The van der Waals surface area contributed by atoms with Crippen LogP contribution in [0.25, 0.3) is 11.1 Å². The lowest BCUT2D eigenvalue weighted by atomic mass is 10.1. The van der Waals surface area contributed by atoms with Gasteiger partial charge in [-0.1, -0.05) is 24.3 Å². The lowest BCUT2D eigenvalue weighted by molar-refractivity contribution is 0.959. The van der Waals surface area contributed by atoms with Gasteiger partial charge in [-0.2, -0.15) is 0 Å². The second-order valence-electron chi connectivity index (χ2n) is 5.72. The molecule has 0 bridgehead atoms. The molecule has 0 saturated heterocycles. The first-order valence-electron chi connectivity index (χ1n) is 8.18. The van der Waals surface area contributed by atoms with E-state index in [2.05, 4.69) is 79.8 Å². The summed E-state index contributed by atoms with van der Waals surface area (Å²) in [4.78, 5) is 8.67. The summed E-state index contributed by atoms with van der Waals surface area (Å²) < 4.78 is 0. The smallest absolute Gasteiger partial charge is 0.195 e. The van der Waals surface area contributed by atoms with Gasteiger partial charge in [0.2, 0.25) is 0 Å². The number of anilines is 2. The van der Waals surface area contributed by atoms with Gasteiger partial charge < -0.3 is 21.3 Å². The minimum atomic E-state index is 0.836. The number of nitrogens with one attached hydrogen (secondary N) is 4. The van der Waals surface area contributed by atoms with Gasteiger partial charge in [0.05, 0.1) is 13.1 Å². The van der Waals surface area contributed by atoms with Crippen molar-refractivity contribution in [2.75, 3.05) is 36.8 Å². The molecular weight excluding hydrogens is 300 g/mol. The summed E-state index contributed by atoms with van der Waals surface area (Å²) in [6, 6.07) is 16.7. The molecule has 0 spiro atoms. The fourth-order valence-electron chi connectivity index (χ4n) is 2.73. The molecule has 0 unspecified atom stereocenters. The van der Waals surface area contributed by atoms with E-state index in [1.807, 2.05) is 0 Å². The molecule has 0 atom stereocenters. The second kappa shape index (κ2) is 6.62.